The summed E-state index contributed by atoms with van der Waals surface area (Å²) in [6, 6.07) is 0. The van der Waals surface area contributed by atoms with Crippen molar-refractivity contribution in [1.29, 1.82) is 0 Å². The molecule has 2 nitrogen and oxygen atoms in total. The lowest BCUT2D eigenvalue weighted by Crippen LogP contribution is -2.50. The zero-order valence-corrected chi connectivity index (χ0v) is 11.5. The van der Waals surface area contributed by atoms with Gasteiger partial charge in [-0.3, -0.25) is 0 Å². The second kappa shape index (κ2) is 3.08. The van der Waals surface area contributed by atoms with Gasteiger partial charge in [0.15, 0.2) is 0 Å². The topological polar surface area (TPSA) is 40.5 Å². The molecule has 3 fully saturated rings. The average molecular weight is 238 g/mol. The molecule has 3 rings (SSSR count). The Hall–Kier alpha value is -0.0800. The van der Waals surface area contributed by atoms with E-state index in [1.54, 1.807) is 0 Å². The van der Waals surface area contributed by atoms with Crippen LogP contribution in [0, 0.1) is 28.6 Å². The Kier molecular flexibility index (Phi) is 2.17. The van der Waals surface area contributed by atoms with Crippen molar-refractivity contribution in [2.45, 2.75) is 65.1 Å². The number of rotatable bonds is 0. The minimum absolute atomic E-state index is 0.108. The van der Waals surface area contributed by atoms with Crippen molar-refractivity contribution in [2.24, 2.45) is 28.6 Å². The van der Waals surface area contributed by atoms with Crippen LogP contribution in [0.3, 0.4) is 0 Å². The quantitative estimate of drug-likeness (QED) is 0.681. The highest BCUT2D eigenvalue weighted by Crippen LogP contribution is 2.72. The monoisotopic (exact) mass is 238 g/mol. The molecule has 1 spiro atoms. The summed E-state index contributed by atoms with van der Waals surface area (Å²) in [5.41, 5.74) is -0.402. The minimum atomic E-state index is -0.682. The fourth-order valence-electron chi connectivity index (χ4n) is 6.01. The third-order valence-electron chi connectivity index (χ3n) is 6.79. The van der Waals surface area contributed by atoms with Crippen LogP contribution in [-0.4, -0.2) is 21.9 Å². The van der Waals surface area contributed by atoms with Crippen molar-refractivity contribution in [2.75, 3.05) is 0 Å². The molecule has 0 radical (unpaired) electrons. The van der Waals surface area contributed by atoms with Gasteiger partial charge in [-0.2, -0.15) is 0 Å². The summed E-state index contributed by atoms with van der Waals surface area (Å²) in [6.07, 6.45) is 3.78. The van der Waals surface area contributed by atoms with Crippen LogP contribution in [-0.2, 0) is 0 Å². The van der Waals surface area contributed by atoms with E-state index in [0.717, 1.165) is 6.42 Å². The van der Waals surface area contributed by atoms with Gasteiger partial charge in [-0.25, -0.2) is 0 Å². The molecule has 0 aromatic heterocycles. The molecule has 3 aliphatic carbocycles. The van der Waals surface area contributed by atoms with E-state index in [4.69, 9.17) is 0 Å². The molecule has 0 unspecified atom stereocenters. The summed E-state index contributed by atoms with van der Waals surface area (Å²) < 4.78 is 0. The maximum Gasteiger partial charge on any atom is 0.0678 e. The van der Waals surface area contributed by atoms with Gasteiger partial charge in [0.05, 0.1) is 11.7 Å². The van der Waals surface area contributed by atoms with Crippen LogP contribution in [0.25, 0.3) is 0 Å². The van der Waals surface area contributed by atoms with Crippen LogP contribution in [0.1, 0.15) is 53.4 Å². The van der Waals surface area contributed by atoms with Crippen LogP contribution < -0.4 is 0 Å². The molecule has 3 aliphatic rings. The van der Waals surface area contributed by atoms with Crippen molar-refractivity contribution in [3.63, 3.8) is 0 Å². The molecule has 0 aromatic rings. The van der Waals surface area contributed by atoms with E-state index in [-0.39, 0.29) is 16.9 Å². The van der Waals surface area contributed by atoms with Crippen molar-refractivity contribution in [1.82, 2.24) is 0 Å². The molecule has 0 aliphatic heterocycles. The molecule has 2 bridgehead atoms. The number of aliphatic hydroxyl groups is 2. The minimum Gasteiger partial charge on any atom is -0.392 e. The van der Waals surface area contributed by atoms with Gasteiger partial charge in [-0.05, 0) is 49.4 Å². The lowest BCUT2D eigenvalue weighted by Gasteiger charge is -2.47. The predicted octanol–water partition coefficient (Wildman–Crippen LogP) is 2.58. The van der Waals surface area contributed by atoms with E-state index in [1.165, 1.54) is 12.8 Å². The van der Waals surface area contributed by atoms with Gasteiger partial charge in [0.2, 0.25) is 0 Å². The molecule has 2 heteroatoms. The molecule has 2 N–H and O–H groups in total. The highest BCUT2D eigenvalue weighted by molar-refractivity contribution is 5.19. The molecule has 0 aromatic carbocycles. The second-order valence-corrected chi connectivity index (χ2v) is 7.80. The second-order valence-electron chi connectivity index (χ2n) is 7.80. The normalized spacial score (nSPS) is 60.4. The Morgan fingerprint density at radius 1 is 1.00 bits per heavy atom. The number of hydrogen-bond acceptors (Lipinski definition) is 2. The number of hydrogen-bond donors (Lipinski definition) is 2. The average Bonchev–Trinajstić information content (AvgIpc) is 2.60. The summed E-state index contributed by atoms with van der Waals surface area (Å²) in [5.74, 6) is 1.56. The SMILES string of the molecule is C[C@@H]1CC[C@H]2C(C)(C)[C@H]3C[C@@]12[C@@H](O)C[C@@]3(C)O. The third kappa shape index (κ3) is 1.19. The molecule has 98 valence electrons. The molecule has 17 heavy (non-hydrogen) atoms. The van der Waals surface area contributed by atoms with Crippen molar-refractivity contribution < 1.29 is 10.2 Å². The zero-order valence-electron chi connectivity index (χ0n) is 11.5. The first-order chi connectivity index (χ1) is 7.73. The molecule has 6 atom stereocenters. The summed E-state index contributed by atoms with van der Waals surface area (Å²) in [7, 11) is 0. The molecule has 0 saturated heterocycles. The van der Waals surface area contributed by atoms with Gasteiger partial charge in [-0.1, -0.05) is 20.8 Å². The summed E-state index contributed by atoms with van der Waals surface area (Å²) in [4.78, 5) is 0. The Labute approximate surface area is 104 Å². The predicted molar refractivity (Wildman–Crippen MR) is 67.5 cm³/mol. The summed E-state index contributed by atoms with van der Waals surface area (Å²) in [6.45, 7) is 8.87. The van der Waals surface area contributed by atoms with E-state index in [0.29, 0.717) is 24.2 Å². The zero-order chi connectivity index (χ0) is 12.6. The number of fused-ring (bicyclic) bond motifs is 1. The van der Waals surface area contributed by atoms with Crippen LogP contribution in [0.2, 0.25) is 0 Å². The third-order valence-corrected chi connectivity index (χ3v) is 6.79. The molecule has 0 heterocycles. The maximum absolute atomic E-state index is 10.6. The summed E-state index contributed by atoms with van der Waals surface area (Å²) >= 11 is 0. The van der Waals surface area contributed by atoms with Gasteiger partial charge in [-0.15, -0.1) is 0 Å². The Morgan fingerprint density at radius 2 is 1.65 bits per heavy atom. The Bertz CT molecular complexity index is 347. The van der Waals surface area contributed by atoms with Crippen molar-refractivity contribution >= 4 is 0 Å². The summed E-state index contributed by atoms with van der Waals surface area (Å²) in [5, 5.41) is 21.3. The fourth-order valence-corrected chi connectivity index (χ4v) is 6.01. The van der Waals surface area contributed by atoms with Crippen LogP contribution in [0.5, 0.6) is 0 Å². The van der Waals surface area contributed by atoms with Crippen LogP contribution >= 0.6 is 0 Å². The van der Waals surface area contributed by atoms with Gasteiger partial charge in [0.1, 0.15) is 0 Å². The molecular formula is C15H26O2. The van der Waals surface area contributed by atoms with Crippen molar-refractivity contribution in [3.05, 3.63) is 0 Å². The lowest BCUT2D eigenvalue weighted by molar-refractivity contribution is -0.127. The van der Waals surface area contributed by atoms with E-state index >= 15 is 0 Å². The van der Waals surface area contributed by atoms with E-state index < -0.39 is 5.60 Å². The first-order valence-corrected chi connectivity index (χ1v) is 7.13. The first-order valence-electron chi connectivity index (χ1n) is 7.13. The Morgan fingerprint density at radius 3 is 2.29 bits per heavy atom. The highest BCUT2D eigenvalue weighted by atomic mass is 16.3. The van der Waals surface area contributed by atoms with E-state index in [9.17, 15) is 10.2 Å². The highest BCUT2D eigenvalue weighted by Gasteiger charge is 2.70. The molecule has 0 amide bonds. The maximum atomic E-state index is 10.6. The van der Waals surface area contributed by atoms with E-state index in [1.807, 2.05) is 6.92 Å². The molecule has 3 saturated carbocycles. The molecular weight excluding hydrogens is 212 g/mol. The standard InChI is InChI=1S/C15H26O2/c1-9-5-6-10-13(2,3)11-7-15(9,10)12(16)8-14(11,4)17/h9-12,16-17H,5-8H2,1-4H3/t9-,10+,11-,12+,14-,15-/m1/s1. The lowest BCUT2D eigenvalue weighted by atomic mass is 9.62. The van der Waals surface area contributed by atoms with E-state index in [2.05, 4.69) is 20.8 Å². The first kappa shape index (κ1) is 12.0. The Balaban J connectivity index is 2.12. The smallest absolute Gasteiger partial charge is 0.0678 e. The largest absolute Gasteiger partial charge is 0.392 e. The van der Waals surface area contributed by atoms with Crippen LogP contribution in [0.4, 0.5) is 0 Å². The van der Waals surface area contributed by atoms with Gasteiger partial charge in [0, 0.05) is 11.8 Å². The number of aliphatic hydroxyl groups excluding tert-OH is 1. The van der Waals surface area contributed by atoms with Gasteiger partial charge >= 0.3 is 0 Å². The fraction of sp³-hybridized carbons (Fsp3) is 1.00. The van der Waals surface area contributed by atoms with Gasteiger partial charge in [0.25, 0.3) is 0 Å². The van der Waals surface area contributed by atoms with Crippen molar-refractivity contribution in [3.8, 4) is 0 Å². The van der Waals surface area contributed by atoms with Crippen LogP contribution in [0.15, 0.2) is 0 Å². The van der Waals surface area contributed by atoms with Gasteiger partial charge < -0.3 is 10.2 Å².